The molecule has 24 heteroatoms. The average Bonchev–Trinajstić information content (AvgIpc) is 3.16. The first kappa shape index (κ1) is 65.4. The number of carbonyl (C=O) groups is 2. The second-order valence-corrected chi connectivity index (χ2v) is 19.7. The molecule has 0 saturated carbocycles. The summed E-state index contributed by atoms with van der Waals surface area (Å²) < 4.78 is 118. The number of rotatable bonds is 33. The molecule has 3 rings (SSSR count). The van der Waals surface area contributed by atoms with Crippen LogP contribution >= 0.6 is 0 Å². The monoisotopic (exact) mass is 1010 g/mol. The predicted octanol–water partition coefficient (Wildman–Crippen LogP) is -2.66. The quantitative estimate of drug-likeness (QED) is 0.0280. The van der Waals surface area contributed by atoms with Crippen LogP contribution in [-0.4, -0.2) is 96.7 Å². The minimum absolute atomic E-state index is 0. The van der Waals surface area contributed by atoms with E-state index in [0.717, 1.165) is 89.0 Å². The molecule has 0 aromatic heterocycles. The normalized spacial score (nSPS) is 17.7. The molecule has 5 unspecified atom stereocenters. The second kappa shape index (κ2) is 33.9. The molecule has 18 nitrogen and oxygen atoms in total. The molecule has 0 spiro atoms. The number of carbonyl (C=O) groups excluding carboxylic acids is 2. The molecule has 2 heterocycles. The molecule has 65 heavy (non-hydrogen) atoms. The molecule has 2 aliphatic heterocycles. The van der Waals surface area contributed by atoms with E-state index in [0.29, 0.717) is 69.9 Å². The van der Waals surface area contributed by atoms with E-state index in [1.165, 1.54) is 6.07 Å². The molecule has 358 valence electrons. The maximum absolute atomic E-state index is 13.2. The molecule has 0 bridgehead atoms. The number of phenolic OH excluding ortho intramolecular Hbond substituents is 2. The summed E-state index contributed by atoms with van der Waals surface area (Å²) in [6.07, 6.45) is 11.7. The van der Waals surface area contributed by atoms with Crippen LogP contribution in [0.25, 0.3) is 0 Å². The molecule has 2 aliphatic rings. The zero-order valence-electron chi connectivity index (χ0n) is 38.9. The minimum Gasteiger partial charge on any atom is -0.726 e. The Morgan fingerprint density at radius 1 is 0.677 bits per heavy atom. The molecule has 3 N–H and O–H groups in total. The van der Waals surface area contributed by atoms with Gasteiger partial charge < -0.3 is 34.1 Å². The largest absolute Gasteiger partial charge is 1.00 e. The fourth-order valence-electron chi connectivity index (χ4n) is 8.64. The number of fused-ring (bicyclic) bond motifs is 3. The van der Waals surface area contributed by atoms with E-state index in [2.05, 4.69) is 20.6 Å². The molecule has 1 aromatic rings. The average molecular weight is 1010 g/mol. The van der Waals surface area contributed by atoms with E-state index in [9.17, 15) is 58.7 Å². The second-order valence-electron chi connectivity index (χ2n) is 16.7. The summed E-state index contributed by atoms with van der Waals surface area (Å²) in [6, 6.07) is 2.03. The number of nitrogens with one attached hydrogen (secondary N) is 1. The van der Waals surface area contributed by atoms with Gasteiger partial charge in [0.25, 0.3) is 0 Å². The van der Waals surface area contributed by atoms with Gasteiger partial charge in [-0.3, -0.25) is 22.1 Å². The van der Waals surface area contributed by atoms with E-state index in [1.807, 2.05) is 0 Å². The molecule has 0 aliphatic carbocycles. The van der Waals surface area contributed by atoms with E-state index in [4.69, 9.17) is 4.18 Å². The van der Waals surface area contributed by atoms with Crippen LogP contribution in [-0.2, 0) is 59.8 Å². The molecule has 0 radical (unpaired) electrons. The Bertz CT molecular complexity index is 1880. The SMILES string of the molecule is CCCCCCCCCCC(OS(=O)(=O)[O-])C(CCC(CCCCCCCCCCCCC(=O)NC1CCC2c3c(O)cc(O)cc3CCN2C1=O)OS(=O)(=O)[O-])OS(=O)(=O)[O-].[Na+].[Na+].[Na+]. The zero-order valence-corrected chi connectivity index (χ0v) is 47.4. The first-order valence-electron chi connectivity index (χ1n) is 22.3. The van der Waals surface area contributed by atoms with Gasteiger partial charge in [-0.1, -0.05) is 116 Å². The summed E-state index contributed by atoms with van der Waals surface area (Å²) in [5.41, 5.74) is 1.50. The predicted molar refractivity (Wildman–Crippen MR) is 225 cm³/mol. The van der Waals surface area contributed by atoms with Crippen molar-refractivity contribution in [2.75, 3.05) is 6.54 Å². The third-order valence-electron chi connectivity index (χ3n) is 11.7. The number of hydrogen-bond acceptors (Lipinski definition) is 16. The van der Waals surface area contributed by atoms with Crippen LogP contribution in [0.3, 0.4) is 0 Å². The first-order valence-corrected chi connectivity index (χ1v) is 26.3. The van der Waals surface area contributed by atoms with Crippen molar-refractivity contribution in [3.63, 3.8) is 0 Å². The number of hydrogen-bond donors (Lipinski definition) is 3. The van der Waals surface area contributed by atoms with Gasteiger partial charge in [0.15, 0.2) is 0 Å². The van der Waals surface area contributed by atoms with Crippen molar-refractivity contribution in [1.82, 2.24) is 10.2 Å². The standard InChI is InChI=1S/C41H70N2O16S3.3Na/c1-2-3-4-5-6-12-15-18-21-37(58-61(51,52)53)38(59-62(54,55)56)26-23-33(57-60(48,49)50)20-17-14-11-9-7-8-10-13-16-19-22-39(46)42-34-24-25-35-40-31(27-28-43(35)41(34)47)29-32(44)30-36(40)45;;;/h29-30,33-35,37-38,44-45H,2-28H2,1H3,(H,42,46)(H,48,49,50)(H,51,52,53)(H,54,55,56);;;/q;3*+1/p-3. The molecule has 2 amide bonds. The van der Waals surface area contributed by atoms with Gasteiger partial charge >= 0.3 is 88.7 Å². The van der Waals surface area contributed by atoms with Gasteiger partial charge in [0.05, 0.1) is 12.1 Å². The Morgan fingerprint density at radius 2 is 1.15 bits per heavy atom. The van der Waals surface area contributed by atoms with Crippen molar-refractivity contribution in [2.45, 2.75) is 204 Å². The van der Waals surface area contributed by atoms with Crippen molar-refractivity contribution in [3.8, 4) is 11.5 Å². The molecule has 1 aromatic carbocycles. The number of benzene rings is 1. The number of unbranched alkanes of at least 4 members (excludes halogenated alkanes) is 16. The van der Waals surface area contributed by atoms with Crippen molar-refractivity contribution in [3.05, 3.63) is 23.3 Å². The van der Waals surface area contributed by atoms with E-state index >= 15 is 0 Å². The molecular weight excluding hydrogens is 942 g/mol. The molecular formula is C41H67N2Na3O16S3. The Morgan fingerprint density at radius 3 is 1.68 bits per heavy atom. The maximum atomic E-state index is 13.2. The van der Waals surface area contributed by atoms with Crippen LogP contribution < -0.4 is 94.0 Å². The van der Waals surface area contributed by atoms with Crippen molar-refractivity contribution in [2.24, 2.45) is 0 Å². The van der Waals surface area contributed by atoms with Gasteiger partial charge in [-0.05, 0) is 63.0 Å². The van der Waals surface area contributed by atoms with Gasteiger partial charge in [-0.25, -0.2) is 25.3 Å². The summed E-state index contributed by atoms with van der Waals surface area (Å²) in [5.74, 6) is -0.362. The van der Waals surface area contributed by atoms with Crippen molar-refractivity contribution < 1.29 is 160 Å². The van der Waals surface area contributed by atoms with E-state index < -0.39 is 62.0 Å². The third-order valence-corrected chi connectivity index (χ3v) is 13.1. The molecule has 5 atom stereocenters. The Balaban J connectivity index is 0.0000137. The van der Waals surface area contributed by atoms with Crippen molar-refractivity contribution in [1.29, 1.82) is 0 Å². The number of aromatic hydroxyl groups is 2. The number of amides is 2. The summed E-state index contributed by atoms with van der Waals surface area (Å²) >= 11 is 0. The van der Waals surface area contributed by atoms with Gasteiger partial charge in [-0.2, -0.15) is 0 Å². The molecule has 1 saturated heterocycles. The van der Waals surface area contributed by atoms with Gasteiger partial charge in [-0.15, -0.1) is 0 Å². The van der Waals surface area contributed by atoms with Gasteiger partial charge in [0.2, 0.25) is 43.0 Å². The van der Waals surface area contributed by atoms with Crippen LogP contribution in [0, 0.1) is 0 Å². The third kappa shape index (κ3) is 27.5. The topological polar surface area (TPSA) is 289 Å². The first-order chi connectivity index (χ1) is 29.3. The number of nitrogens with zero attached hydrogens (tertiary/aromatic N) is 1. The van der Waals surface area contributed by atoms with Crippen LogP contribution in [0.15, 0.2) is 12.1 Å². The zero-order chi connectivity index (χ0) is 45.8. The van der Waals surface area contributed by atoms with Gasteiger partial charge in [0, 0.05) is 24.6 Å². The number of piperidine rings is 1. The Kier molecular flexibility index (Phi) is 34.1. The van der Waals surface area contributed by atoms with E-state index in [-0.39, 0.29) is 137 Å². The molecule has 1 fully saturated rings. The van der Waals surface area contributed by atoms with Crippen LogP contribution in [0.2, 0.25) is 0 Å². The Labute approximate surface area is 454 Å². The minimum atomic E-state index is -5.40. The summed E-state index contributed by atoms with van der Waals surface area (Å²) in [7, 11) is -15.9. The summed E-state index contributed by atoms with van der Waals surface area (Å²) in [6.45, 7) is 2.55. The smallest absolute Gasteiger partial charge is 0.726 e. The summed E-state index contributed by atoms with van der Waals surface area (Å²) in [5, 5.41) is 23.2. The van der Waals surface area contributed by atoms with Crippen LogP contribution in [0.4, 0.5) is 0 Å². The fourth-order valence-corrected chi connectivity index (χ4v) is 10.2. The van der Waals surface area contributed by atoms with Crippen LogP contribution in [0.5, 0.6) is 11.5 Å². The van der Waals surface area contributed by atoms with Crippen molar-refractivity contribution >= 4 is 43.0 Å². The van der Waals surface area contributed by atoms with E-state index in [1.54, 1.807) is 11.0 Å². The fraction of sp³-hybridized carbons (Fsp3) is 0.805. The summed E-state index contributed by atoms with van der Waals surface area (Å²) in [4.78, 5) is 27.6. The number of phenols is 2. The Hall–Kier alpha value is 0.370. The maximum Gasteiger partial charge on any atom is 1.00 e. The van der Waals surface area contributed by atoms with Gasteiger partial charge in [0.1, 0.15) is 29.7 Å². The van der Waals surface area contributed by atoms with Crippen LogP contribution in [0.1, 0.15) is 185 Å².